The van der Waals surface area contributed by atoms with Crippen molar-refractivity contribution in [2.24, 2.45) is 0 Å². The molecule has 0 aliphatic rings. The van der Waals surface area contributed by atoms with Crippen molar-refractivity contribution in [1.82, 2.24) is 0 Å². The second kappa shape index (κ2) is 5.87. The molecule has 0 aliphatic carbocycles. The number of thioether (sulfide) groups is 1. The summed E-state index contributed by atoms with van der Waals surface area (Å²) in [4.78, 5) is 13.2. The van der Waals surface area contributed by atoms with Crippen LogP contribution in [0.4, 0.5) is 0 Å². The van der Waals surface area contributed by atoms with Crippen molar-refractivity contribution in [3.63, 3.8) is 0 Å². The predicted molar refractivity (Wildman–Crippen MR) is 77.4 cm³/mol. The van der Waals surface area contributed by atoms with E-state index in [1.165, 1.54) is 11.1 Å². The average Bonchev–Trinajstić information content (AvgIpc) is 2.40. The van der Waals surface area contributed by atoms with Gasteiger partial charge in [-0.2, -0.15) is 0 Å². The van der Waals surface area contributed by atoms with Crippen LogP contribution in [0.25, 0.3) is 0 Å². The van der Waals surface area contributed by atoms with Gasteiger partial charge in [0.15, 0.2) is 5.78 Å². The minimum Gasteiger partial charge on any atom is -0.293 e. The fourth-order valence-corrected chi connectivity index (χ4v) is 2.48. The Morgan fingerprint density at radius 3 is 2.39 bits per heavy atom. The van der Waals surface area contributed by atoms with Crippen LogP contribution in [0.1, 0.15) is 21.5 Å². The van der Waals surface area contributed by atoms with Crippen molar-refractivity contribution in [2.45, 2.75) is 18.7 Å². The van der Waals surface area contributed by atoms with Crippen LogP contribution >= 0.6 is 11.8 Å². The molecule has 0 saturated carbocycles. The maximum Gasteiger partial charge on any atom is 0.173 e. The third kappa shape index (κ3) is 3.23. The molecule has 0 N–H and O–H groups in total. The molecule has 2 aromatic carbocycles. The van der Waals surface area contributed by atoms with Crippen molar-refractivity contribution < 1.29 is 4.79 Å². The summed E-state index contributed by atoms with van der Waals surface area (Å²) in [6.45, 7) is 4.10. The van der Waals surface area contributed by atoms with E-state index in [-0.39, 0.29) is 5.78 Å². The number of ketones is 1. The minimum atomic E-state index is 0.187. The number of rotatable bonds is 4. The molecule has 1 nitrogen and oxygen atoms in total. The minimum absolute atomic E-state index is 0.187. The van der Waals surface area contributed by atoms with Gasteiger partial charge in [0, 0.05) is 10.5 Å². The molecule has 92 valence electrons. The maximum atomic E-state index is 12.1. The number of benzene rings is 2. The average molecular weight is 256 g/mol. The molecule has 2 rings (SSSR count). The summed E-state index contributed by atoms with van der Waals surface area (Å²) in [5.41, 5.74) is 3.20. The van der Waals surface area contributed by atoms with E-state index in [2.05, 4.69) is 6.92 Å². The SMILES string of the molecule is Cc1ccc(C(=O)CSc2ccccc2)cc1C. The smallest absolute Gasteiger partial charge is 0.173 e. The van der Waals surface area contributed by atoms with E-state index < -0.39 is 0 Å². The van der Waals surface area contributed by atoms with Crippen LogP contribution in [0.3, 0.4) is 0 Å². The van der Waals surface area contributed by atoms with Crippen LogP contribution in [0, 0.1) is 13.8 Å². The van der Waals surface area contributed by atoms with Gasteiger partial charge in [-0.25, -0.2) is 0 Å². The number of hydrogen-bond acceptors (Lipinski definition) is 2. The van der Waals surface area contributed by atoms with Crippen molar-refractivity contribution in [1.29, 1.82) is 0 Å². The Kier molecular flexibility index (Phi) is 4.21. The molecule has 0 spiro atoms. The van der Waals surface area contributed by atoms with Crippen molar-refractivity contribution in [3.05, 3.63) is 65.2 Å². The van der Waals surface area contributed by atoms with Crippen LogP contribution in [0.2, 0.25) is 0 Å². The quantitative estimate of drug-likeness (QED) is 0.600. The zero-order valence-electron chi connectivity index (χ0n) is 10.6. The highest BCUT2D eigenvalue weighted by atomic mass is 32.2. The highest BCUT2D eigenvalue weighted by Gasteiger charge is 2.07. The van der Waals surface area contributed by atoms with Crippen molar-refractivity contribution in [3.8, 4) is 0 Å². The fourth-order valence-electron chi connectivity index (χ4n) is 1.66. The molecule has 0 bridgehead atoms. The highest BCUT2D eigenvalue weighted by Crippen LogP contribution is 2.19. The van der Waals surface area contributed by atoms with Gasteiger partial charge in [-0.05, 0) is 43.2 Å². The summed E-state index contributed by atoms with van der Waals surface area (Å²) in [6.07, 6.45) is 0. The third-order valence-corrected chi connectivity index (χ3v) is 3.95. The van der Waals surface area contributed by atoms with Gasteiger partial charge < -0.3 is 0 Å². The molecule has 0 aromatic heterocycles. The molecule has 0 amide bonds. The first-order valence-corrected chi connectivity index (χ1v) is 6.93. The molecular weight excluding hydrogens is 240 g/mol. The second-order valence-electron chi connectivity index (χ2n) is 4.32. The molecule has 0 unspecified atom stereocenters. The van der Waals surface area contributed by atoms with Gasteiger partial charge in [-0.15, -0.1) is 11.8 Å². The number of Topliss-reactive ketones (excluding diaryl/α,β-unsaturated/α-hetero) is 1. The summed E-state index contributed by atoms with van der Waals surface area (Å²) in [7, 11) is 0. The second-order valence-corrected chi connectivity index (χ2v) is 5.37. The zero-order chi connectivity index (χ0) is 13.0. The van der Waals surface area contributed by atoms with Gasteiger partial charge in [0.05, 0.1) is 5.75 Å². The Labute approximate surface area is 112 Å². The maximum absolute atomic E-state index is 12.1. The Morgan fingerprint density at radius 1 is 1.00 bits per heavy atom. The van der Waals surface area contributed by atoms with E-state index in [1.54, 1.807) is 11.8 Å². The molecule has 0 fully saturated rings. The molecule has 0 radical (unpaired) electrons. The van der Waals surface area contributed by atoms with Gasteiger partial charge in [0.1, 0.15) is 0 Å². The molecule has 0 aliphatic heterocycles. The lowest BCUT2D eigenvalue weighted by Crippen LogP contribution is -2.03. The van der Waals surface area contributed by atoms with E-state index >= 15 is 0 Å². The molecule has 0 atom stereocenters. The van der Waals surface area contributed by atoms with Gasteiger partial charge in [-0.3, -0.25) is 4.79 Å². The molecular formula is C16H16OS. The summed E-state index contributed by atoms with van der Waals surface area (Å²) in [6, 6.07) is 15.9. The topological polar surface area (TPSA) is 17.1 Å². The lowest BCUT2D eigenvalue weighted by atomic mass is 10.0. The third-order valence-electron chi connectivity index (χ3n) is 2.94. The number of carbonyl (C=O) groups excluding carboxylic acids is 1. The monoisotopic (exact) mass is 256 g/mol. The molecule has 18 heavy (non-hydrogen) atoms. The van der Waals surface area contributed by atoms with E-state index in [0.717, 1.165) is 10.5 Å². The van der Waals surface area contributed by atoms with Gasteiger partial charge in [0.2, 0.25) is 0 Å². The van der Waals surface area contributed by atoms with E-state index in [9.17, 15) is 4.79 Å². The summed E-state index contributed by atoms with van der Waals surface area (Å²) < 4.78 is 0. The normalized spacial score (nSPS) is 10.3. The molecule has 2 heteroatoms. The number of aryl methyl sites for hydroxylation is 2. The van der Waals surface area contributed by atoms with Crippen LogP contribution in [-0.2, 0) is 0 Å². The number of hydrogen-bond donors (Lipinski definition) is 0. The standard InChI is InChI=1S/C16H16OS/c1-12-8-9-14(10-13(12)2)16(17)11-18-15-6-4-3-5-7-15/h3-10H,11H2,1-2H3. The Bertz CT molecular complexity index is 546. The van der Waals surface area contributed by atoms with Crippen molar-refractivity contribution in [2.75, 3.05) is 5.75 Å². The van der Waals surface area contributed by atoms with Gasteiger partial charge in [0.25, 0.3) is 0 Å². The van der Waals surface area contributed by atoms with E-state index in [1.807, 2.05) is 55.5 Å². The van der Waals surface area contributed by atoms with Gasteiger partial charge in [-0.1, -0.05) is 30.3 Å². The highest BCUT2D eigenvalue weighted by molar-refractivity contribution is 8.00. The van der Waals surface area contributed by atoms with Crippen molar-refractivity contribution >= 4 is 17.5 Å². The van der Waals surface area contributed by atoms with Crippen LogP contribution in [0.15, 0.2) is 53.4 Å². The first kappa shape index (κ1) is 12.9. The molecule has 2 aromatic rings. The zero-order valence-corrected chi connectivity index (χ0v) is 11.5. The summed E-state index contributed by atoms with van der Waals surface area (Å²) in [5.74, 6) is 0.680. The van der Waals surface area contributed by atoms with E-state index in [0.29, 0.717) is 5.75 Å². The summed E-state index contributed by atoms with van der Waals surface area (Å²) >= 11 is 1.58. The molecule has 0 heterocycles. The largest absolute Gasteiger partial charge is 0.293 e. The summed E-state index contributed by atoms with van der Waals surface area (Å²) in [5, 5.41) is 0. The first-order chi connectivity index (χ1) is 8.66. The fraction of sp³-hybridized carbons (Fsp3) is 0.188. The predicted octanol–water partition coefficient (Wildman–Crippen LogP) is 4.28. The van der Waals surface area contributed by atoms with E-state index in [4.69, 9.17) is 0 Å². The van der Waals surface area contributed by atoms with Crippen LogP contribution < -0.4 is 0 Å². The first-order valence-electron chi connectivity index (χ1n) is 5.95. The lowest BCUT2D eigenvalue weighted by molar-refractivity contribution is 0.102. The Balaban J connectivity index is 2.02. The van der Waals surface area contributed by atoms with Crippen LogP contribution in [-0.4, -0.2) is 11.5 Å². The van der Waals surface area contributed by atoms with Crippen LogP contribution in [0.5, 0.6) is 0 Å². The Morgan fingerprint density at radius 2 is 1.72 bits per heavy atom. The number of carbonyl (C=O) groups is 1. The Hall–Kier alpha value is -1.54. The molecule has 0 saturated heterocycles. The van der Waals surface area contributed by atoms with Gasteiger partial charge >= 0.3 is 0 Å². The lowest BCUT2D eigenvalue weighted by Gasteiger charge is -2.04.